The van der Waals surface area contributed by atoms with Gasteiger partial charge in [0.15, 0.2) is 5.96 Å². The second-order valence-corrected chi connectivity index (χ2v) is 5.95. The molecule has 3 nitrogen and oxygen atoms in total. The first-order valence-electron chi connectivity index (χ1n) is 7.90. The summed E-state index contributed by atoms with van der Waals surface area (Å²) in [6, 6.07) is 10.7. The van der Waals surface area contributed by atoms with Gasteiger partial charge in [-0.3, -0.25) is 4.99 Å². The first-order valence-corrected chi connectivity index (χ1v) is 7.90. The van der Waals surface area contributed by atoms with E-state index in [-0.39, 0.29) is 0 Å². The molecule has 21 heavy (non-hydrogen) atoms. The van der Waals surface area contributed by atoms with Crippen LogP contribution in [0.5, 0.6) is 0 Å². The van der Waals surface area contributed by atoms with Crippen LogP contribution in [-0.4, -0.2) is 37.5 Å². The number of hydrogen-bond acceptors (Lipinski definition) is 1. The Hall–Kier alpha value is -1.77. The lowest BCUT2D eigenvalue weighted by molar-refractivity contribution is 0.435. The van der Waals surface area contributed by atoms with Crippen LogP contribution < -0.4 is 5.32 Å². The second-order valence-electron chi connectivity index (χ2n) is 5.95. The molecular weight excluding hydrogens is 258 g/mol. The van der Waals surface area contributed by atoms with E-state index in [2.05, 4.69) is 65.5 Å². The van der Waals surface area contributed by atoms with Gasteiger partial charge in [-0.05, 0) is 29.9 Å². The molecule has 0 atom stereocenters. The molecule has 1 aliphatic heterocycles. The highest BCUT2D eigenvalue weighted by Gasteiger charge is 2.15. The molecule has 0 saturated carbocycles. The van der Waals surface area contributed by atoms with Gasteiger partial charge >= 0.3 is 0 Å². The molecule has 0 radical (unpaired) electrons. The van der Waals surface area contributed by atoms with Crippen LogP contribution in [0.1, 0.15) is 32.3 Å². The van der Waals surface area contributed by atoms with E-state index in [1.165, 1.54) is 17.6 Å². The van der Waals surface area contributed by atoms with E-state index in [0.29, 0.717) is 0 Å². The van der Waals surface area contributed by atoms with Gasteiger partial charge in [0.1, 0.15) is 0 Å². The van der Waals surface area contributed by atoms with Crippen molar-refractivity contribution in [1.82, 2.24) is 10.2 Å². The van der Waals surface area contributed by atoms with Crippen molar-refractivity contribution < 1.29 is 0 Å². The summed E-state index contributed by atoms with van der Waals surface area (Å²) in [7, 11) is 1.87. The Morgan fingerprint density at radius 1 is 1.29 bits per heavy atom. The summed E-state index contributed by atoms with van der Waals surface area (Å²) >= 11 is 0. The predicted octanol–water partition coefficient (Wildman–Crippen LogP) is 3.40. The van der Waals surface area contributed by atoms with Crippen molar-refractivity contribution >= 4 is 11.5 Å². The minimum absolute atomic E-state index is 0.724. The molecular formula is C18H27N3. The van der Waals surface area contributed by atoms with Gasteiger partial charge in [-0.15, -0.1) is 0 Å². The van der Waals surface area contributed by atoms with Gasteiger partial charge in [0.25, 0.3) is 0 Å². The van der Waals surface area contributed by atoms with Gasteiger partial charge in [-0.25, -0.2) is 0 Å². The molecule has 1 heterocycles. The molecule has 2 rings (SSSR count). The molecule has 3 heteroatoms. The zero-order chi connectivity index (χ0) is 15.1. The van der Waals surface area contributed by atoms with E-state index in [0.717, 1.165) is 37.9 Å². The van der Waals surface area contributed by atoms with E-state index in [1.54, 1.807) is 0 Å². The first kappa shape index (κ1) is 15.6. The lowest BCUT2D eigenvalue weighted by Gasteiger charge is -2.30. The molecule has 0 bridgehead atoms. The summed E-state index contributed by atoms with van der Waals surface area (Å²) in [6.45, 7) is 7.46. The van der Waals surface area contributed by atoms with E-state index in [1.807, 2.05) is 7.05 Å². The third-order valence-electron chi connectivity index (χ3n) is 3.87. The third-order valence-corrected chi connectivity index (χ3v) is 3.87. The van der Waals surface area contributed by atoms with Crippen LogP contribution in [0, 0.1) is 5.92 Å². The summed E-state index contributed by atoms with van der Waals surface area (Å²) < 4.78 is 0. The highest BCUT2D eigenvalue weighted by molar-refractivity contribution is 5.81. The molecule has 1 N–H and O–H groups in total. The zero-order valence-electron chi connectivity index (χ0n) is 13.5. The molecule has 1 aromatic rings. The summed E-state index contributed by atoms with van der Waals surface area (Å²) in [4.78, 5) is 6.73. The molecule has 1 aliphatic rings. The first-order chi connectivity index (χ1) is 10.2. The average Bonchev–Trinajstić information content (AvgIpc) is 2.52. The maximum absolute atomic E-state index is 4.41. The molecule has 0 fully saturated rings. The SMILES string of the molecule is CN=C(NCCC(C)C)N1CC=C(c2ccccc2)CC1. The second kappa shape index (κ2) is 7.87. The number of nitrogens with zero attached hydrogens (tertiary/aromatic N) is 2. The molecule has 1 aromatic carbocycles. The van der Waals surface area contributed by atoms with Crippen LogP contribution in [-0.2, 0) is 0 Å². The average molecular weight is 285 g/mol. The number of aliphatic imine (C=N–C) groups is 1. The Morgan fingerprint density at radius 3 is 2.62 bits per heavy atom. The van der Waals surface area contributed by atoms with Crippen molar-refractivity contribution in [3.8, 4) is 0 Å². The zero-order valence-corrected chi connectivity index (χ0v) is 13.5. The van der Waals surface area contributed by atoms with Crippen molar-refractivity contribution in [2.24, 2.45) is 10.9 Å². The fourth-order valence-corrected chi connectivity index (χ4v) is 2.58. The van der Waals surface area contributed by atoms with Crippen molar-refractivity contribution in [1.29, 1.82) is 0 Å². The summed E-state index contributed by atoms with van der Waals surface area (Å²) in [5.74, 6) is 1.75. The van der Waals surface area contributed by atoms with Crippen LogP contribution in [0.3, 0.4) is 0 Å². The summed E-state index contributed by atoms with van der Waals surface area (Å²) in [5, 5.41) is 3.47. The predicted molar refractivity (Wildman–Crippen MR) is 91.4 cm³/mol. The Morgan fingerprint density at radius 2 is 2.05 bits per heavy atom. The fourth-order valence-electron chi connectivity index (χ4n) is 2.58. The highest BCUT2D eigenvalue weighted by atomic mass is 15.3. The van der Waals surface area contributed by atoms with E-state index in [4.69, 9.17) is 0 Å². The third kappa shape index (κ3) is 4.62. The number of hydrogen-bond donors (Lipinski definition) is 1. The van der Waals surface area contributed by atoms with Crippen LogP contribution >= 0.6 is 0 Å². The van der Waals surface area contributed by atoms with Crippen molar-refractivity contribution in [2.75, 3.05) is 26.7 Å². The lowest BCUT2D eigenvalue weighted by atomic mass is 10.00. The van der Waals surface area contributed by atoms with Gasteiger partial charge < -0.3 is 10.2 Å². The molecule has 0 amide bonds. The lowest BCUT2D eigenvalue weighted by Crippen LogP contribution is -2.43. The fraction of sp³-hybridized carbons (Fsp3) is 0.500. The summed E-state index contributed by atoms with van der Waals surface area (Å²) in [5.41, 5.74) is 2.80. The van der Waals surface area contributed by atoms with E-state index >= 15 is 0 Å². The smallest absolute Gasteiger partial charge is 0.193 e. The van der Waals surface area contributed by atoms with Crippen LogP contribution in [0.25, 0.3) is 5.57 Å². The number of guanidine groups is 1. The Bertz CT molecular complexity index is 488. The standard InChI is InChI=1S/C18H27N3/c1-15(2)9-12-20-18(19-3)21-13-10-17(11-14-21)16-7-5-4-6-8-16/h4-8,10,15H,9,11-14H2,1-3H3,(H,19,20). The van der Waals surface area contributed by atoms with Crippen LogP contribution in [0.4, 0.5) is 0 Å². The summed E-state index contributed by atoms with van der Waals surface area (Å²) in [6.07, 6.45) is 4.58. The number of benzene rings is 1. The van der Waals surface area contributed by atoms with Gasteiger partial charge in [0.2, 0.25) is 0 Å². The Balaban J connectivity index is 1.91. The van der Waals surface area contributed by atoms with E-state index in [9.17, 15) is 0 Å². The molecule has 114 valence electrons. The largest absolute Gasteiger partial charge is 0.356 e. The minimum atomic E-state index is 0.724. The molecule has 0 unspecified atom stereocenters. The van der Waals surface area contributed by atoms with E-state index < -0.39 is 0 Å². The van der Waals surface area contributed by atoms with Gasteiger partial charge in [-0.2, -0.15) is 0 Å². The maximum atomic E-state index is 4.41. The molecule has 0 saturated heterocycles. The molecule has 0 spiro atoms. The quantitative estimate of drug-likeness (QED) is 0.678. The minimum Gasteiger partial charge on any atom is -0.356 e. The monoisotopic (exact) mass is 285 g/mol. The highest BCUT2D eigenvalue weighted by Crippen LogP contribution is 2.21. The van der Waals surface area contributed by atoms with Crippen LogP contribution in [0.2, 0.25) is 0 Å². The van der Waals surface area contributed by atoms with Gasteiger partial charge in [0.05, 0.1) is 0 Å². The number of rotatable bonds is 4. The van der Waals surface area contributed by atoms with Gasteiger partial charge in [-0.1, -0.05) is 50.3 Å². The van der Waals surface area contributed by atoms with Crippen molar-refractivity contribution in [3.63, 3.8) is 0 Å². The maximum Gasteiger partial charge on any atom is 0.193 e. The van der Waals surface area contributed by atoms with Crippen molar-refractivity contribution in [2.45, 2.75) is 26.7 Å². The number of nitrogens with one attached hydrogen (secondary N) is 1. The molecule has 0 aromatic heterocycles. The topological polar surface area (TPSA) is 27.6 Å². The van der Waals surface area contributed by atoms with Crippen LogP contribution in [0.15, 0.2) is 41.4 Å². The van der Waals surface area contributed by atoms with Gasteiger partial charge in [0, 0.05) is 26.7 Å². The normalized spacial score (nSPS) is 16.1. The Kier molecular flexibility index (Phi) is 5.85. The molecule has 0 aliphatic carbocycles. The van der Waals surface area contributed by atoms with Crippen molar-refractivity contribution in [3.05, 3.63) is 42.0 Å². The Labute approximate surface area is 128 Å².